The average Bonchev–Trinajstić information content (AvgIpc) is 2.65. The maximum atomic E-state index is 9.24. The fraction of sp³-hybridized carbons (Fsp3) is 0.800. The van der Waals surface area contributed by atoms with E-state index in [0.717, 1.165) is 13.0 Å². The normalized spacial score (nSPS) is 23.2. The van der Waals surface area contributed by atoms with Gasteiger partial charge in [-0.2, -0.15) is 4.98 Å². The van der Waals surface area contributed by atoms with Gasteiger partial charge >= 0.3 is 0 Å². The van der Waals surface area contributed by atoms with Crippen molar-refractivity contribution in [2.75, 3.05) is 13.2 Å². The molecule has 0 bridgehead atoms. The van der Waals surface area contributed by atoms with Gasteiger partial charge in [-0.15, -0.1) is 0 Å². The summed E-state index contributed by atoms with van der Waals surface area (Å²) in [5, 5.41) is 13.0. The van der Waals surface area contributed by atoms with Gasteiger partial charge in [0.05, 0.1) is 13.2 Å². The number of aryl methyl sites for hydroxylation is 1. The summed E-state index contributed by atoms with van der Waals surface area (Å²) in [6, 6.07) is 0.256. The zero-order chi connectivity index (χ0) is 10.7. The molecule has 2 heterocycles. The van der Waals surface area contributed by atoms with Gasteiger partial charge in [0.25, 0.3) is 0 Å². The molecule has 1 aromatic rings. The highest BCUT2D eigenvalue weighted by atomic mass is 16.5. The van der Waals surface area contributed by atoms with Gasteiger partial charge in [-0.05, 0) is 26.3 Å². The molecule has 0 amide bonds. The van der Waals surface area contributed by atoms with Gasteiger partial charge in [-0.1, -0.05) is 11.6 Å². The van der Waals surface area contributed by atoms with Crippen molar-refractivity contribution < 1.29 is 9.63 Å². The predicted molar refractivity (Wildman–Crippen MR) is 54.2 cm³/mol. The van der Waals surface area contributed by atoms with Crippen molar-refractivity contribution in [3.05, 3.63) is 11.7 Å². The number of nitrogens with zero attached hydrogens (tertiary/aromatic N) is 3. The maximum absolute atomic E-state index is 9.24. The van der Waals surface area contributed by atoms with Crippen molar-refractivity contribution in [2.45, 2.75) is 38.8 Å². The lowest BCUT2D eigenvalue weighted by Crippen LogP contribution is -2.41. The SMILES string of the molecule is Cc1noc(CN2CCCC[C@H]2CO)n1. The molecule has 0 spiro atoms. The molecule has 5 heteroatoms. The van der Waals surface area contributed by atoms with Gasteiger partial charge in [0.15, 0.2) is 5.82 Å². The number of hydrogen-bond donors (Lipinski definition) is 1. The maximum Gasteiger partial charge on any atom is 0.240 e. The van der Waals surface area contributed by atoms with Crippen LogP contribution < -0.4 is 0 Å². The topological polar surface area (TPSA) is 62.4 Å². The molecule has 5 nitrogen and oxygen atoms in total. The van der Waals surface area contributed by atoms with Crippen LogP contribution in [0.2, 0.25) is 0 Å². The molecule has 0 saturated carbocycles. The summed E-state index contributed by atoms with van der Waals surface area (Å²) in [7, 11) is 0. The Bertz CT molecular complexity index is 313. The fourth-order valence-electron chi connectivity index (χ4n) is 2.05. The Kier molecular flexibility index (Phi) is 3.33. The minimum absolute atomic E-state index is 0.215. The quantitative estimate of drug-likeness (QED) is 0.798. The highest BCUT2D eigenvalue weighted by Gasteiger charge is 2.23. The molecule has 0 radical (unpaired) electrons. The van der Waals surface area contributed by atoms with Gasteiger partial charge < -0.3 is 9.63 Å². The van der Waals surface area contributed by atoms with Crippen LogP contribution in [-0.2, 0) is 6.54 Å². The molecular formula is C10H17N3O2. The Labute approximate surface area is 89.1 Å². The third kappa shape index (κ3) is 2.54. The molecule has 84 valence electrons. The standard InChI is InChI=1S/C10H17N3O2/c1-8-11-10(15-12-8)6-13-5-3-2-4-9(13)7-14/h9,14H,2-7H2,1H3/t9-/m0/s1. The summed E-state index contributed by atoms with van der Waals surface area (Å²) in [6.07, 6.45) is 3.44. The minimum Gasteiger partial charge on any atom is -0.395 e. The van der Waals surface area contributed by atoms with Crippen molar-refractivity contribution in [1.82, 2.24) is 15.0 Å². The molecule has 1 fully saturated rings. The van der Waals surface area contributed by atoms with E-state index in [1.54, 1.807) is 0 Å². The van der Waals surface area contributed by atoms with E-state index in [1.165, 1.54) is 12.8 Å². The smallest absolute Gasteiger partial charge is 0.240 e. The lowest BCUT2D eigenvalue weighted by Gasteiger charge is -2.33. The number of piperidine rings is 1. The van der Waals surface area contributed by atoms with Gasteiger partial charge in [-0.3, -0.25) is 4.90 Å². The summed E-state index contributed by atoms with van der Waals surface area (Å²) in [6.45, 7) is 3.69. The Balaban J connectivity index is 1.97. The van der Waals surface area contributed by atoms with Crippen LogP contribution in [0.4, 0.5) is 0 Å². The molecule has 1 aliphatic rings. The van der Waals surface area contributed by atoms with E-state index in [0.29, 0.717) is 18.3 Å². The number of aliphatic hydroxyl groups is 1. The fourth-order valence-corrected chi connectivity index (χ4v) is 2.05. The highest BCUT2D eigenvalue weighted by molar-refractivity contribution is 4.86. The second-order valence-electron chi connectivity index (χ2n) is 4.04. The Hall–Kier alpha value is -0.940. The highest BCUT2D eigenvalue weighted by Crippen LogP contribution is 2.18. The monoisotopic (exact) mass is 211 g/mol. The van der Waals surface area contributed by atoms with E-state index in [2.05, 4.69) is 15.0 Å². The third-order valence-corrected chi connectivity index (χ3v) is 2.87. The molecule has 0 aromatic carbocycles. The second-order valence-corrected chi connectivity index (χ2v) is 4.04. The van der Waals surface area contributed by atoms with Crippen LogP contribution in [0.15, 0.2) is 4.52 Å². The van der Waals surface area contributed by atoms with Crippen molar-refractivity contribution in [3.63, 3.8) is 0 Å². The van der Waals surface area contributed by atoms with Crippen molar-refractivity contribution in [3.8, 4) is 0 Å². The lowest BCUT2D eigenvalue weighted by molar-refractivity contribution is 0.0749. The van der Waals surface area contributed by atoms with E-state index in [1.807, 2.05) is 6.92 Å². The predicted octanol–water partition coefficient (Wildman–Crippen LogP) is 0.725. The van der Waals surface area contributed by atoms with Crippen molar-refractivity contribution in [1.29, 1.82) is 0 Å². The molecule has 0 aliphatic carbocycles. The largest absolute Gasteiger partial charge is 0.395 e. The molecule has 1 saturated heterocycles. The van der Waals surface area contributed by atoms with Crippen LogP contribution >= 0.6 is 0 Å². The van der Waals surface area contributed by atoms with Crippen LogP contribution in [0.3, 0.4) is 0 Å². The van der Waals surface area contributed by atoms with Crippen LogP contribution in [0.25, 0.3) is 0 Å². The van der Waals surface area contributed by atoms with Crippen LogP contribution in [-0.4, -0.2) is 39.3 Å². The van der Waals surface area contributed by atoms with Crippen molar-refractivity contribution in [2.24, 2.45) is 0 Å². The molecule has 15 heavy (non-hydrogen) atoms. The zero-order valence-electron chi connectivity index (χ0n) is 9.02. The Morgan fingerprint density at radius 3 is 3.07 bits per heavy atom. The summed E-state index contributed by atoms with van der Waals surface area (Å²) in [4.78, 5) is 6.39. The molecule has 1 aliphatic heterocycles. The first-order chi connectivity index (χ1) is 7.29. The average molecular weight is 211 g/mol. The number of rotatable bonds is 3. The Morgan fingerprint density at radius 1 is 1.53 bits per heavy atom. The van der Waals surface area contributed by atoms with Crippen LogP contribution in [0.5, 0.6) is 0 Å². The first kappa shape index (κ1) is 10.6. The molecule has 1 aromatic heterocycles. The number of likely N-dealkylation sites (tertiary alicyclic amines) is 1. The van der Waals surface area contributed by atoms with Gasteiger partial charge in [-0.25, -0.2) is 0 Å². The minimum atomic E-state index is 0.215. The number of hydrogen-bond acceptors (Lipinski definition) is 5. The van der Waals surface area contributed by atoms with E-state index in [9.17, 15) is 5.11 Å². The van der Waals surface area contributed by atoms with E-state index in [4.69, 9.17) is 4.52 Å². The van der Waals surface area contributed by atoms with Gasteiger partial charge in [0.1, 0.15) is 0 Å². The first-order valence-electron chi connectivity index (χ1n) is 5.43. The summed E-state index contributed by atoms with van der Waals surface area (Å²) < 4.78 is 5.08. The number of aliphatic hydroxyl groups excluding tert-OH is 1. The van der Waals surface area contributed by atoms with Gasteiger partial charge in [0, 0.05) is 6.04 Å². The third-order valence-electron chi connectivity index (χ3n) is 2.87. The van der Waals surface area contributed by atoms with E-state index in [-0.39, 0.29) is 12.6 Å². The first-order valence-corrected chi connectivity index (χ1v) is 5.43. The summed E-state index contributed by atoms with van der Waals surface area (Å²) in [5.41, 5.74) is 0. The summed E-state index contributed by atoms with van der Waals surface area (Å²) >= 11 is 0. The lowest BCUT2D eigenvalue weighted by atomic mass is 10.0. The number of aromatic nitrogens is 2. The van der Waals surface area contributed by atoms with E-state index < -0.39 is 0 Å². The Morgan fingerprint density at radius 2 is 2.40 bits per heavy atom. The molecule has 0 unspecified atom stereocenters. The van der Waals surface area contributed by atoms with Crippen LogP contribution in [0.1, 0.15) is 31.0 Å². The van der Waals surface area contributed by atoms with Gasteiger partial charge in [0.2, 0.25) is 5.89 Å². The molecular weight excluding hydrogens is 194 g/mol. The van der Waals surface area contributed by atoms with Crippen LogP contribution in [0, 0.1) is 6.92 Å². The molecule has 1 atom stereocenters. The second kappa shape index (κ2) is 4.72. The van der Waals surface area contributed by atoms with E-state index >= 15 is 0 Å². The molecule has 2 rings (SSSR count). The zero-order valence-corrected chi connectivity index (χ0v) is 9.02. The summed E-state index contributed by atoms with van der Waals surface area (Å²) in [5.74, 6) is 1.32. The molecule has 1 N–H and O–H groups in total. The van der Waals surface area contributed by atoms with Crippen molar-refractivity contribution >= 4 is 0 Å².